The molecule has 2 aromatic carbocycles. The number of halogens is 1. The standard InChI is InChI=1S/C15H13ClN2S/c1-2-10-3-6-12(7-4-10)18-14-9-11(16)5-8-13(14)17-15(18)19/h3-9H,2H2,1H3,(H,17,19). The van der Waals surface area contributed by atoms with Crippen LogP contribution in [0.4, 0.5) is 0 Å². The topological polar surface area (TPSA) is 20.7 Å². The zero-order chi connectivity index (χ0) is 13.4. The molecule has 0 saturated heterocycles. The molecular formula is C15H13ClN2S. The molecule has 4 heteroatoms. The molecule has 19 heavy (non-hydrogen) atoms. The lowest BCUT2D eigenvalue weighted by Gasteiger charge is -2.05. The minimum absolute atomic E-state index is 0.682. The number of nitrogens with one attached hydrogen (secondary N) is 1. The van der Waals surface area contributed by atoms with Crippen LogP contribution in [0.5, 0.6) is 0 Å². The zero-order valence-corrected chi connectivity index (χ0v) is 12.1. The fraction of sp³-hybridized carbons (Fsp3) is 0.133. The van der Waals surface area contributed by atoms with Gasteiger partial charge >= 0.3 is 0 Å². The molecule has 0 radical (unpaired) electrons. The van der Waals surface area contributed by atoms with Crippen molar-refractivity contribution in [2.45, 2.75) is 13.3 Å². The van der Waals surface area contributed by atoms with Crippen molar-refractivity contribution in [1.29, 1.82) is 0 Å². The normalized spacial score (nSPS) is 11.1. The third-order valence-electron chi connectivity index (χ3n) is 3.25. The highest BCUT2D eigenvalue weighted by atomic mass is 35.5. The Labute approximate surface area is 121 Å². The predicted molar refractivity (Wildman–Crippen MR) is 82.8 cm³/mol. The monoisotopic (exact) mass is 288 g/mol. The second-order valence-electron chi connectivity index (χ2n) is 4.45. The summed E-state index contributed by atoms with van der Waals surface area (Å²) in [5.74, 6) is 0. The fourth-order valence-electron chi connectivity index (χ4n) is 2.21. The van der Waals surface area contributed by atoms with Crippen molar-refractivity contribution < 1.29 is 0 Å². The van der Waals surface area contributed by atoms with E-state index in [2.05, 4.69) is 36.2 Å². The Morgan fingerprint density at radius 1 is 1.16 bits per heavy atom. The molecule has 0 aliphatic rings. The van der Waals surface area contributed by atoms with Crippen molar-refractivity contribution in [3.63, 3.8) is 0 Å². The highest BCUT2D eigenvalue weighted by Crippen LogP contribution is 2.23. The number of benzene rings is 2. The summed E-state index contributed by atoms with van der Waals surface area (Å²) in [5.41, 5.74) is 4.36. The third kappa shape index (κ3) is 2.20. The van der Waals surface area contributed by atoms with Gasteiger partial charge in [0, 0.05) is 10.7 Å². The van der Waals surface area contributed by atoms with Crippen LogP contribution in [0.15, 0.2) is 42.5 Å². The second-order valence-corrected chi connectivity index (χ2v) is 5.27. The van der Waals surface area contributed by atoms with E-state index in [0.29, 0.717) is 9.79 Å². The lowest BCUT2D eigenvalue weighted by atomic mass is 10.1. The number of aromatic nitrogens is 2. The first kappa shape index (κ1) is 12.5. The second kappa shape index (κ2) is 4.83. The number of imidazole rings is 1. The largest absolute Gasteiger partial charge is 0.330 e. The molecule has 96 valence electrons. The molecule has 1 heterocycles. The molecule has 2 nitrogen and oxygen atoms in total. The van der Waals surface area contributed by atoms with Crippen molar-refractivity contribution in [3.05, 3.63) is 57.8 Å². The Morgan fingerprint density at radius 2 is 1.89 bits per heavy atom. The molecule has 0 amide bonds. The van der Waals surface area contributed by atoms with Gasteiger partial charge in [-0.1, -0.05) is 30.7 Å². The summed E-state index contributed by atoms with van der Waals surface area (Å²) >= 11 is 11.5. The van der Waals surface area contributed by atoms with Crippen LogP contribution in [-0.4, -0.2) is 9.55 Å². The third-order valence-corrected chi connectivity index (χ3v) is 3.77. The zero-order valence-electron chi connectivity index (χ0n) is 10.5. The van der Waals surface area contributed by atoms with E-state index in [1.54, 1.807) is 0 Å². The Balaban J connectivity index is 2.25. The van der Waals surface area contributed by atoms with E-state index in [9.17, 15) is 0 Å². The molecule has 0 bridgehead atoms. The van der Waals surface area contributed by atoms with Crippen LogP contribution >= 0.6 is 23.8 Å². The van der Waals surface area contributed by atoms with Gasteiger partial charge in [0.15, 0.2) is 4.77 Å². The number of H-pyrrole nitrogens is 1. The van der Waals surface area contributed by atoms with Gasteiger partial charge in [0.05, 0.1) is 11.0 Å². The fourth-order valence-corrected chi connectivity index (χ4v) is 2.69. The van der Waals surface area contributed by atoms with Crippen LogP contribution in [0.3, 0.4) is 0 Å². The van der Waals surface area contributed by atoms with Gasteiger partial charge in [-0.2, -0.15) is 0 Å². The quantitative estimate of drug-likeness (QED) is 0.665. The van der Waals surface area contributed by atoms with E-state index in [0.717, 1.165) is 23.1 Å². The number of hydrogen-bond donors (Lipinski definition) is 1. The van der Waals surface area contributed by atoms with Gasteiger partial charge in [-0.3, -0.25) is 4.57 Å². The lowest BCUT2D eigenvalue weighted by molar-refractivity contribution is 1.05. The summed E-state index contributed by atoms with van der Waals surface area (Å²) < 4.78 is 2.69. The van der Waals surface area contributed by atoms with Gasteiger partial charge in [-0.15, -0.1) is 0 Å². The average Bonchev–Trinajstić information content (AvgIpc) is 2.74. The summed E-state index contributed by atoms with van der Waals surface area (Å²) in [6.07, 6.45) is 1.03. The number of rotatable bonds is 2. The van der Waals surface area contributed by atoms with Crippen molar-refractivity contribution in [2.75, 3.05) is 0 Å². The van der Waals surface area contributed by atoms with Gasteiger partial charge in [-0.05, 0) is 54.5 Å². The van der Waals surface area contributed by atoms with E-state index >= 15 is 0 Å². The van der Waals surface area contributed by atoms with Crippen molar-refractivity contribution in [3.8, 4) is 5.69 Å². The van der Waals surface area contributed by atoms with Gasteiger partial charge in [0.25, 0.3) is 0 Å². The van der Waals surface area contributed by atoms with Crippen molar-refractivity contribution >= 4 is 34.9 Å². The highest BCUT2D eigenvalue weighted by molar-refractivity contribution is 7.71. The van der Waals surface area contributed by atoms with Gasteiger partial charge in [0.1, 0.15) is 0 Å². The molecule has 0 spiro atoms. The smallest absolute Gasteiger partial charge is 0.182 e. The minimum Gasteiger partial charge on any atom is -0.330 e. The number of nitrogens with zero attached hydrogens (tertiary/aromatic N) is 1. The van der Waals surface area contributed by atoms with E-state index in [-0.39, 0.29) is 0 Å². The highest BCUT2D eigenvalue weighted by Gasteiger charge is 2.06. The number of aromatic amines is 1. The molecule has 0 saturated carbocycles. The Bertz CT molecular complexity index is 784. The van der Waals surface area contributed by atoms with Crippen LogP contribution in [0.1, 0.15) is 12.5 Å². The Hall–Kier alpha value is -1.58. The molecule has 0 atom stereocenters. The number of fused-ring (bicyclic) bond motifs is 1. The molecule has 3 rings (SSSR count). The van der Waals surface area contributed by atoms with E-state index in [4.69, 9.17) is 23.8 Å². The van der Waals surface area contributed by atoms with Gasteiger partial charge in [0.2, 0.25) is 0 Å². The summed E-state index contributed by atoms with van der Waals surface area (Å²) in [4.78, 5) is 3.20. The SMILES string of the molecule is CCc1ccc(-n2c(=S)[nH]c3ccc(Cl)cc32)cc1. The first-order valence-electron chi connectivity index (χ1n) is 6.18. The van der Waals surface area contributed by atoms with Crippen LogP contribution in [0.2, 0.25) is 5.02 Å². The molecule has 3 aromatic rings. The minimum atomic E-state index is 0.682. The van der Waals surface area contributed by atoms with Crippen LogP contribution < -0.4 is 0 Å². The summed E-state index contributed by atoms with van der Waals surface area (Å²) in [6, 6.07) is 14.2. The molecular weight excluding hydrogens is 276 g/mol. The van der Waals surface area contributed by atoms with Crippen molar-refractivity contribution in [2.24, 2.45) is 0 Å². The molecule has 0 aliphatic heterocycles. The van der Waals surface area contributed by atoms with E-state index in [1.807, 2.05) is 22.8 Å². The number of hydrogen-bond acceptors (Lipinski definition) is 1. The van der Waals surface area contributed by atoms with Gasteiger partial charge in [-0.25, -0.2) is 0 Å². The van der Waals surface area contributed by atoms with E-state index in [1.165, 1.54) is 5.56 Å². The molecule has 0 unspecified atom stereocenters. The lowest BCUT2D eigenvalue weighted by Crippen LogP contribution is -1.94. The maximum atomic E-state index is 6.07. The first-order valence-corrected chi connectivity index (χ1v) is 6.97. The first-order chi connectivity index (χ1) is 9.19. The average molecular weight is 289 g/mol. The summed E-state index contributed by atoms with van der Waals surface area (Å²) in [6.45, 7) is 2.14. The maximum Gasteiger partial charge on any atom is 0.182 e. The summed E-state index contributed by atoms with van der Waals surface area (Å²) in [5, 5.41) is 0.709. The van der Waals surface area contributed by atoms with Crippen LogP contribution in [-0.2, 0) is 6.42 Å². The molecule has 0 aliphatic carbocycles. The van der Waals surface area contributed by atoms with Gasteiger partial charge < -0.3 is 4.98 Å². The predicted octanol–water partition coefficient (Wildman–Crippen LogP) is 4.90. The van der Waals surface area contributed by atoms with Crippen molar-refractivity contribution in [1.82, 2.24) is 9.55 Å². The number of aryl methyl sites for hydroxylation is 1. The Morgan fingerprint density at radius 3 is 2.58 bits per heavy atom. The molecule has 1 aromatic heterocycles. The van der Waals surface area contributed by atoms with Crippen LogP contribution in [0.25, 0.3) is 16.7 Å². The maximum absolute atomic E-state index is 6.07. The summed E-state index contributed by atoms with van der Waals surface area (Å²) in [7, 11) is 0. The van der Waals surface area contributed by atoms with E-state index < -0.39 is 0 Å². The van der Waals surface area contributed by atoms with Crippen LogP contribution in [0, 0.1) is 4.77 Å². The Kier molecular flexibility index (Phi) is 3.17. The molecule has 1 N–H and O–H groups in total. The molecule has 0 fully saturated rings.